The second-order valence-electron chi connectivity index (χ2n) is 4.78. The normalized spacial score (nSPS) is 11.5. The van der Waals surface area contributed by atoms with Crippen molar-refractivity contribution in [1.82, 2.24) is 9.88 Å². The third-order valence-corrected chi connectivity index (χ3v) is 3.36. The SMILES string of the molecule is CC(c1cccc([N+](=O)[O-])c1)N(C)C(=O)Nc1ccccn1. The molecule has 0 aliphatic heterocycles. The first-order valence-corrected chi connectivity index (χ1v) is 6.68. The second-order valence-corrected chi connectivity index (χ2v) is 4.78. The number of aromatic nitrogens is 1. The smallest absolute Gasteiger partial charge is 0.321 e. The van der Waals surface area contributed by atoms with Crippen LogP contribution in [-0.2, 0) is 0 Å². The molecule has 0 saturated carbocycles. The summed E-state index contributed by atoms with van der Waals surface area (Å²) in [7, 11) is 1.63. The van der Waals surface area contributed by atoms with E-state index in [-0.39, 0.29) is 17.8 Å². The van der Waals surface area contributed by atoms with Gasteiger partial charge in [0.05, 0.1) is 11.0 Å². The van der Waals surface area contributed by atoms with Crippen molar-refractivity contribution in [3.8, 4) is 0 Å². The molecule has 1 N–H and O–H groups in total. The largest absolute Gasteiger partial charge is 0.323 e. The fourth-order valence-electron chi connectivity index (χ4n) is 1.93. The van der Waals surface area contributed by atoms with Crippen LogP contribution in [0.15, 0.2) is 48.7 Å². The van der Waals surface area contributed by atoms with Crippen LogP contribution >= 0.6 is 0 Å². The van der Waals surface area contributed by atoms with E-state index in [1.165, 1.54) is 17.0 Å². The fourth-order valence-corrected chi connectivity index (χ4v) is 1.93. The molecule has 0 spiro atoms. The molecule has 0 aliphatic carbocycles. The van der Waals surface area contributed by atoms with Gasteiger partial charge in [-0.25, -0.2) is 9.78 Å². The molecule has 0 fully saturated rings. The number of pyridine rings is 1. The van der Waals surface area contributed by atoms with E-state index < -0.39 is 4.92 Å². The summed E-state index contributed by atoms with van der Waals surface area (Å²) in [6.45, 7) is 1.80. The summed E-state index contributed by atoms with van der Waals surface area (Å²) in [5.41, 5.74) is 0.691. The zero-order valence-electron chi connectivity index (χ0n) is 12.3. The van der Waals surface area contributed by atoms with Crippen LogP contribution in [0.1, 0.15) is 18.5 Å². The highest BCUT2D eigenvalue weighted by Crippen LogP contribution is 2.23. The van der Waals surface area contributed by atoms with Crippen LogP contribution in [0.5, 0.6) is 0 Å². The summed E-state index contributed by atoms with van der Waals surface area (Å²) in [5, 5.41) is 13.5. The number of nitro benzene ring substituents is 1. The number of non-ortho nitro benzene ring substituents is 1. The summed E-state index contributed by atoms with van der Waals surface area (Å²) >= 11 is 0. The number of urea groups is 1. The standard InChI is InChI=1S/C15H16N4O3/c1-11(12-6-5-7-13(10-12)19(21)22)18(2)15(20)17-14-8-3-4-9-16-14/h3-11H,1-2H3,(H,16,17,20). The fraction of sp³-hybridized carbons (Fsp3) is 0.200. The van der Waals surface area contributed by atoms with Crippen LogP contribution in [0.3, 0.4) is 0 Å². The van der Waals surface area contributed by atoms with Gasteiger partial charge < -0.3 is 4.90 Å². The van der Waals surface area contributed by atoms with Crippen molar-refractivity contribution in [2.45, 2.75) is 13.0 Å². The molecule has 0 bridgehead atoms. The second kappa shape index (κ2) is 6.66. The maximum Gasteiger partial charge on any atom is 0.323 e. The highest BCUT2D eigenvalue weighted by atomic mass is 16.6. The van der Waals surface area contributed by atoms with E-state index in [9.17, 15) is 14.9 Å². The number of hydrogen-bond acceptors (Lipinski definition) is 4. The van der Waals surface area contributed by atoms with Gasteiger partial charge >= 0.3 is 6.03 Å². The van der Waals surface area contributed by atoms with Crippen molar-refractivity contribution < 1.29 is 9.72 Å². The van der Waals surface area contributed by atoms with Crippen molar-refractivity contribution >= 4 is 17.5 Å². The molecule has 7 nitrogen and oxygen atoms in total. The average Bonchev–Trinajstić information content (AvgIpc) is 2.54. The summed E-state index contributed by atoms with van der Waals surface area (Å²) in [6, 6.07) is 10.8. The number of hydrogen-bond donors (Lipinski definition) is 1. The van der Waals surface area contributed by atoms with E-state index in [0.29, 0.717) is 11.4 Å². The van der Waals surface area contributed by atoms with Gasteiger partial charge in [0.2, 0.25) is 0 Å². The molecule has 0 aliphatic rings. The Labute approximate surface area is 127 Å². The molecule has 114 valence electrons. The number of nitrogens with one attached hydrogen (secondary N) is 1. The molecule has 0 saturated heterocycles. The lowest BCUT2D eigenvalue weighted by Gasteiger charge is -2.25. The minimum absolute atomic E-state index is 0.00267. The first-order chi connectivity index (χ1) is 10.5. The molecule has 0 radical (unpaired) electrons. The third-order valence-electron chi connectivity index (χ3n) is 3.36. The number of benzene rings is 1. The van der Waals surface area contributed by atoms with E-state index in [0.717, 1.165) is 0 Å². The van der Waals surface area contributed by atoms with E-state index in [1.807, 2.05) is 0 Å². The topological polar surface area (TPSA) is 88.4 Å². The maximum atomic E-state index is 12.2. The van der Waals surface area contributed by atoms with Gasteiger partial charge in [0.25, 0.3) is 5.69 Å². The number of nitrogens with zero attached hydrogens (tertiary/aromatic N) is 3. The minimum Gasteiger partial charge on any atom is -0.321 e. The number of amides is 2. The Morgan fingerprint density at radius 1 is 1.32 bits per heavy atom. The Balaban J connectivity index is 2.11. The van der Waals surface area contributed by atoms with Crippen LogP contribution < -0.4 is 5.32 Å². The monoisotopic (exact) mass is 300 g/mol. The first-order valence-electron chi connectivity index (χ1n) is 6.68. The maximum absolute atomic E-state index is 12.2. The van der Waals surface area contributed by atoms with Crippen molar-refractivity contribution in [1.29, 1.82) is 0 Å². The Hall–Kier alpha value is -2.96. The summed E-state index contributed by atoms with van der Waals surface area (Å²) in [5.74, 6) is 0.450. The molecular formula is C15H16N4O3. The van der Waals surface area contributed by atoms with Gasteiger partial charge in [0, 0.05) is 25.4 Å². The zero-order valence-corrected chi connectivity index (χ0v) is 12.3. The molecule has 2 aromatic rings. The van der Waals surface area contributed by atoms with E-state index in [1.54, 1.807) is 50.5 Å². The Morgan fingerprint density at radius 3 is 2.73 bits per heavy atom. The molecule has 1 aromatic heterocycles. The number of rotatable bonds is 4. The van der Waals surface area contributed by atoms with Crippen molar-refractivity contribution in [3.05, 3.63) is 64.3 Å². The Morgan fingerprint density at radius 2 is 2.09 bits per heavy atom. The predicted octanol–water partition coefficient (Wildman–Crippen LogP) is 3.21. The number of carbonyl (C=O) groups excluding carboxylic acids is 1. The van der Waals surface area contributed by atoms with Crippen LogP contribution in [0.25, 0.3) is 0 Å². The van der Waals surface area contributed by atoms with Gasteiger partial charge in [-0.2, -0.15) is 0 Å². The molecule has 1 heterocycles. The first kappa shape index (κ1) is 15.4. The van der Waals surface area contributed by atoms with Gasteiger partial charge in [0.1, 0.15) is 5.82 Å². The third kappa shape index (κ3) is 3.57. The van der Waals surface area contributed by atoms with Gasteiger partial charge in [-0.3, -0.25) is 15.4 Å². The summed E-state index contributed by atoms with van der Waals surface area (Å²) in [6.07, 6.45) is 1.58. The Kier molecular flexibility index (Phi) is 4.67. The molecule has 1 atom stereocenters. The van der Waals surface area contributed by atoms with E-state index in [4.69, 9.17) is 0 Å². The molecular weight excluding hydrogens is 284 g/mol. The lowest BCUT2D eigenvalue weighted by Crippen LogP contribution is -2.33. The Bertz CT molecular complexity index is 675. The van der Waals surface area contributed by atoms with Gasteiger partial charge in [-0.15, -0.1) is 0 Å². The molecule has 2 rings (SSSR count). The number of anilines is 1. The highest BCUT2D eigenvalue weighted by molar-refractivity contribution is 5.88. The van der Waals surface area contributed by atoms with Crippen LogP contribution in [0, 0.1) is 10.1 Å². The van der Waals surface area contributed by atoms with Crippen molar-refractivity contribution in [2.24, 2.45) is 0 Å². The number of carbonyl (C=O) groups is 1. The molecule has 22 heavy (non-hydrogen) atoms. The quantitative estimate of drug-likeness (QED) is 0.693. The lowest BCUT2D eigenvalue weighted by molar-refractivity contribution is -0.384. The van der Waals surface area contributed by atoms with Crippen molar-refractivity contribution in [2.75, 3.05) is 12.4 Å². The molecule has 7 heteroatoms. The minimum atomic E-state index is -0.454. The summed E-state index contributed by atoms with van der Waals surface area (Å²) < 4.78 is 0. The number of nitro groups is 1. The van der Waals surface area contributed by atoms with E-state index >= 15 is 0 Å². The average molecular weight is 300 g/mol. The van der Waals surface area contributed by atoms with Crippen molar-refractivity contribution in [3.63, 3.8) is 0 Å². The van der Waals surface area contributed by atoms with E-state index in [2.05, 4.69) is 10.3 Å². The highest BCUT2D eigenvalue weighted by Gasteiger charge is 2.19. The predicted molar refractivity (Wildman–Crippen MR) is 82.5 cm³/mol. The molecule has 2 amide bonds. The van der Waals surface area contributed by atoms with Crippen LogP contribution in [0.4, 0.5) is 16.3 Å². The molecule has 1 aromatic carbocycles. The summed E-state index contributed by atoms with van der Waals surface area (Å²) in [4.78, 5) is 28.0. The van der Waals surface area contributed by atoms with Crippen LogP contribution in [-0.4, -0.2) is 27.9 Å². The molecule has 1 unspecified atom stereocenters. The zero-order chi connectivity index (χ0) is 16.1. The van der Waals surface area contributed by atoms with Gasteiger partial charge in [0.15, 0.2) is 0 Å². The van der Waals surface area contributed by atoms with Gasteiger partial charge in [-0.05, 0) is 24.6 Å². The van der Waals surface area contributed by atoms with Crippen LogP contribution in [0.2, 0.25) is 0 Å². The van der Waals surface area contributed by atoms with Gasteiger partial charge in [-0.1, -0.05) is 18.2 Å². The lowest BCUT2D eigenvalue weighted by atomic mass is 10.1.